The van der Waals surface area contributed by atoms with Crippen LogP contribution in [0.1, 0.15) is 21.8 Å². The molecule has 0 N–H and O–H groups in total. The Labute approximate surface area is 130 Å². The Balaban J connectivity index is 1.62. The van der Waals surface area contributed by atoms with Crippen molar-refractivity contribution < 1.29 is 9.53 Å². The molecule has 21 heavy (non-hydrogen) atoms. The van der Waals surface area contributed by atoms with E-state index in [-0.39, 0.29) is 18.0 Å². The number of nitrogens with zero attached hydrogens (tertiary/aromatic N) is 5. The second kappa shape index (κ2) is 5.90. The standard InChI is InChI=1S/C12H12ClN5O2S/c1-7-10(21-17-16-7)11(19)18-3-2-9(6-18)20-12-14-4-8(13)5-15-12/h4-5,9H,2-3,6H2,1H3/t9-/m1/s1. The topological polar surface area (TPSA) is 81.1 Å². The zero-order chi connectivity index (χ0) is 14.8. The third kappa shape index (κ3) is 3.11. The van der Waals surface area contributed by atoms with Crippen molar-refractivity contribution in [3.63, 3.8) is 0 Å². The maximum Gasteiger partial charge on any atom is 0.316 e. The van der Waals surface area contributed by atoms with E-state index in [9.17, 15) is 4.79 Å². The Kier molecular flexibility index (Phi) is 3.98. The van der Waals surface area contributed by atoms with Crippen LogP contribution in [0.4, 0.5) is 0 Å². The number of halogens is 1. The lowest BCUT2D eigenvalue weighted by Gasteiger charge is -2.15. The second-order valence-electron chi connectivity index (χ2n) is 4.65. The Morgan fingerprint density at radius 2 is 2.24 bits per heavy atom. The van der Waals surface area contributed by atoms with E-state index in [1.54, 1.807) is 11.8 Å². The molecule has 1 atom stereocenters. The molecule has 0 saturated carbocycles. The first kappa shape index (κ1) is 14.2. The summed E-state index contributed by atoms with van der Waals surface area (Å²) in [5.41, 5.74) is 0.662. The average molecular weight is 326 g/mol. The maximum absolute atomic E-state index is 12.3. The summed E-state index contributed by atoms with van der Waals surface area (Å²) >= 11 is 6.84. The first-order valence-corrected chi connectivity index (χ1v) is 7.51. The lowest BCUT2D eigenvalue weighted by molar-refractivity contribution is 0.0773. The molecule has 0 unspecified atom stereocenters. The number of ether oxygens (including phenoxy) is 1. The summed E-state index contributed by atoms with van der Waals surface area (Å²) in [4.78, 5) is 22.6. The zero-order valence-corrected chi connectivity index (χ0v) is 12.8. The van der Waals surface area contributed by atoms with E-state index in [0.717, 1.165) is 18.0 Å². The number of hydrogen-bond donors (Lipinski definition) is 0. The highest BCUT2D eigenvalue weighted by atomic mass is 35.5. The molecule has 1 fully saturated rings. The smallest absolute Gasteiger partial charge is 0.316 e. The van der Waals surface area contributed by atoms with Crippen molar-refractivity contribution in [3.05, 3.63) is 28.0 Å². The Hall–Kier alpha value is -1.80. The molecule has 0 aliphatic carbocycles. The van der Waals surface area contributed by atoms with Gasteiger partial charge in [0.2, 0.25) is 0 Å². The van der Waals surface area contributed by atoms with Crippen molar-refractivity contribution in [2.24, 2.45) is 0 Å². The summed E-state index contributed by atoms with van der Waals surface area (Å²) in [5.74, 6) is -0.0503. The molecule has 1 aliphatic heterocycles. The molecule has 3 rings (SSSR count). The molecule has 1 amide bonds. The van der Waals surface area contributed by atoms with Crippen molar-refractivity contribution in [1.29, 1.82) is 0 Å². The molecule has 0 radical (unpaired) electrons. The van der Waals surface area contributed by atoms with Gasteiger partial charge in [0.15, 0.2) is 0 Å². The highest BCUT2D eigenvalue weighted by Crippen LogP contribution is 2.20. The van der Waals surface area contributed by atoms with Crippen LogP contribution in [0.2, 0.25) is 5.02 Å². The molecular weight excluding hydrogens is 314 g/mol. The molecule has 7 nitrogen and oxygen atoms in total. The average Bonchev–Trinajstić information content (AvgIpc) is 3.10. The minimum atomic E-state index is -0.115. The number of amides is 1. The van der Waals surface area contributed by atoms with E-state index in [1.807, 2.05) is 0 Å². The molecular formula is C12H12ClN5O2S. The minimum absolute atomic E-state index is 0.0503. The van der Waals surface area contributed by atoms with Gasteiger partial charge in [0.1, 0.15) is 11.0 Å². The molecule has 3 heterocycles. The molecule has 0 spiro atoms. The monoisotopic (exact) mass is 325 g/mol. The third-order valence-corrected chi connectivity index (χ3v) is 4.16. The van der Waals surface area contributed by atoms with Crippen molar-refractivity contribution in [1.82, 2.24) is 24.5 Å². The van der Waals surface area contributed by atoms with Gasteiger partial charge in [-0.1, -0.05) is 16.1 Å². The van der Waals surface area contributed by atoms with Crippen LogP contribution < -0.4 is 4.74 Å². The number of likely N-dealkylation sites (tertiary alicyclic amines) is 1. The molecule has 110 valence electrons. The Morgan fingerprint density at radius 3 is 2.90 bits per heavy atom. The van der Waals surface area contributed by atoms with Crippen LogP contribution in [0.15, 0.2) is 12.4 Å². The molecule has 1 aliphatic rings. The van der Waals surface area contributed by atoms with Gasteiger partial charge in [-0.25, -0.2) is 9.97 Å². The predicted octanol–water partition coefficient (Wildman–Crippen LogP) is 1.58. The summed E-state index contributed by atoms with van der Waals surface area (Å²) in [6.45, 7) is 2.92. The lowest BCUT2D eigenvalue weighted by Crippen LogP contribution is -2.31. The van der Waals surface area contributed by atoms with E-state index >= 15 is 0 Å². The third-order valence-electron chi connectivity index (χ3n) is 3.15. The first-order chi connectivity index (χ1) is 10.1. The summed E-state index contributed by atoms with van der Waals surface area (Å²) < 4.78 is 9.45. The molecule has 0 aromatic carbocycles. The van der Waals surface area contributed by atoms with E-state index in [0.29, 0.717) is 28.7 Å². The van der Waals surface area contributed by atoms with Gasteiger partial charge in [-0.3, -0.25) is 4.79 Å². The number of rotatable bonds is 3. The number of hydrogen-bond acceptors (Lipinski definition) is 7. The summed E-state index contributed by atoms with van der Waals surface area (Å²) in [6.07, 6.45) is 3.59. The van der Waals surface area contributed by atoms with Gasteiger partial charge in [-0.05, 0) is 18.5 Å². The fraction of sp³-hybridized carbons (Fsp3) is 0.417. The summed E-state index contributed by atoms with van der Waals surface area (Å²) in [7, 11) is 0. The second-order valence-corrected chi connectivity index (χ2v) is 5.84. The van der Waals surface area contributed by atoms with Crippen molar-refractivity contribution in [2.45, 2.75) is 19.4 Å². The lowest BCUT2D eigenvalue weighted by atomic mass is 10.3. The van der Waals surface area contributed by atoms with E-state index < -0.39 is 0 Å². The molecule has 2 aromatic rings. The van der Waals surface area contributed by atoms with Gasteiger partial charge in [0.25, 0.3) is 5.91 Å². The van der Waals surface area contributed by atoms with Gasteiger partial charge < -0.3 is 9.64 Å². The van der Waals surface area contributed by atoms with Crippen LogP contribution in [0.5, 0.6) is 6.01 Å². The van der Waals surface area contributed by atoms with Gasteiger partial charge in [0.05, 0.1) is 29.7 Å². The van der Waals surface area contributed by atoms with E-state index in [4.69, 9.17) is 16.3 Å². The molecule has 0 bridgehead atoms. The summed E-state index contributed by atoms with van der Waals surface area (Å²) in [6, 6.07) is 0.273. The minimum Gasteiger partial charge on any atom is -0.458 e. The van der Waals surface area contributed by atoms with E-state index in [2.05, 4.69) is 19.6 Å². The van der Waals surface area contributed by atoms with Crippen LogP contribution in [0.3, 0.4) is 0 Å². The zero-order valence-electron chi connectivity index (χ0n) is 11.2. The molecule has 2 aromatic heterocycles. The van der Waals surface area contributed by atoms with Crippen LogP contribution in [0, 0.1) is 6.92 Å². The van der Waals surface area contributed by atoms with Crippen molar-refractivity contribution in [2.75, 3.05) is 13.1 Å². The number of carbonyl (C=O) groups is 1. The van der Waals surface area contributed by atoms with E-state index in [1.165, 1.54) is 12.4 Å². The van der Waals surface area contributed by atoms with Gasteiger partial charge in [-0.2, -0.15) is 0 Å². The normalized spacial score (nSPS) is 18.0. The molecule has 9 heteroatoms. The van der Waals surface area contributed by atoms with Gasteiger partial charge in [-0.15, -0.1) is 5.10 Å². The van der Waals surface area contributed by atoms with Gasteiger partial charge >= 0.3 is 6.01 Å². The van der Waals surface area contributed by atoms with Crippen LogP contribution in [-0.4, -0.2) is 49.6 Å². The highest BCUT2D eigenvalue weighted by Gasteiger charge is 2.30. The Bertz CT molecular complexity index is 647. The van der Waals surface area contributed by atoms with Crippen LogP contribution in [0.25, 0.3) is 0 Å². The quantitative estimate of drug-likeness (QED) is 0.852. The predicted molar refractivity (Wildman–Crippen MR) is 76.6 cm³/mol. The van der Waals surface area contributed by atoms with Crippen LogP contribution >= 0.6 is 23.1 Å². The molecule has 1 saturated heterocycles. The Morgan fingerprint density at radius 1 is 1.48 bits per heavy atom. The number of aryl methyl sites for hydroxylation is 1. The maximum atomic E-state index is 12.3. The SMILES string of the molecule is Cc1nnsc1C(=O)N1CC[C@@H](Oc2ncc(Cl)cn2)C1. The number of carbonyl (C=O) groups excluding carboxylic acids is 1. The van der Waals surface area contributed by atoms with Crippen LogP contribution in [-0.2, 0) is 0 Å². The largest absolute Gasteiger partial charge is 0.458 e. The fourth-order valence-electron chi connectivity index (χ4n) is 2.09. The van der Waals surface area contributed by atoms with Gasteiger partial charge in [0, 0.05) is 13.0 Å². The van der Waals surface area contributed by atoms with Crippen molar-refractivity contribution >= 4 is 29.0 Å². The first-order valence-electron chi connectivity index (χ1n) is 6.36. The highest BCUT2D eigenvalue weighted by molar-refractivity contribution is 7.07. The van der Waals surface area contributed by atoms with Crippen molar-refractivity contribution in [3.8, 4) is 6.01 Å². The summed E-state index contributed by atoms with van der Waals surface area (Å²) in [5, 5.41) is 4.32. The number of aromatic nitrogens is 4. The fourth-order valence-corrected chi connectivity index (χ4v) is 2.81.